The second-order valence-electron chi connectivity index (χ2n) is 3.99. The van der Waals surface area contributed by atoms with E-state index in [1.165, 1.54) is 0 Å². The van der Waals surface area contributed by atoms with E-state index in [2.05, 4.69) is 0 Å². The van der Waals surface area contributed by atoms with Gasteiger partial charge in [-0.3, -0.25) is 4.79 Å². The predicted octanol–water partition coefficient (Wildman–Crippen LogP) is 0.642. The summed E-state index contributed by atoms with van der Waals surface area (Å²) in [4.78, 5) is 13.6. The summed E-state index contributed by atoms with van der Waals surface area (Å²) in [5.41, 5.74) is 0. The number of rotatable bonds is 1. The third-order valence-corrected chi connectivity index (χ3v) is 2.68. The first-order valence-corrected chi connectivity index (χ1v) is 4.60. The molecule has 2 rings (SSSR count). The van der Waals surface area contributed by atoms with Gasteiger partial charge in [-0.2, -0.15) is 0 Å². The summed E-state index contributed by atoms with van der Waals surface area (Å²) in [5, 5.41) is 0. The third kappa shape index (κ3) is 1.12. The average Bonchev–Trinajstić information content (AvgIpc) is 2.62. The lowest BCUT2D eigenvalue weighted by Gasteiger charge is -2.28. The van der Waals surface area contributed by atoms with E-state index in [4.69, 9.17) is 4.74 Å². The molecular formula is C9H15NO2. The summed E-state index contributed by atoms with van der Waals surface area (Å²) in [6.07, 6.45) is 1.39. The summed E-state index contributed by atoms with van der Waals surface area (Å²) < 4.78 is 5.42. The van der Waals surface area contributed by atoms with Crippen molar-refractivity contribution in [3.05, 3.63) is 0 Å². The van der Waals surface area contributed by atoms with Crippen LogP contribution in [-0.4, -0.2) is 36.1 Å². The molecule has 0 aromatic heterocycles. The topological polar surface area (TPSA) is 29.5 Å². The molecule has 2 aliphatic heterocycles. The van der Waals surface area contributed by atoms with Crippen molar-refractivity contribution < 1.29 is 9.53 Å². The van der Waals surface area contributed by atoms with Crippen molar-refractivity contribution in [1.82, 2.24) is 4.90 Å². The Morgan fingerprint density at radius 3 is 2.75 bits per heavy atom. The van der Waals surface area contributed by atoms with E-state index in [0.717, 1.165) is 19.6 Å². The van der Waals surface area contributed by atoms with Crippen LogP contribution in [0.1, 0.15) is 20.3 Å². The molecule has 0 saturated carbocycles. The van der Waals surface area contributed by atoms with Crippen molar-refractivity contribution in [2.45, 2.75) is 32.4 Å². The van der Waals surface area contributed by atoms with Crippen LogP contribution >= 0.6 is 0 Å². The van der Waals surface area contributed by atoms with E-state index >= 15 is 0 Å². The van der Waals surface area contributed by atoms with E-state index in [-0.39, 0.29) is 11.8 Å². The highest BCUT2D eigenvalue weighted by molar-refractivity contribution is 5.79. The molecule has 2 fully saturated rings. The fourth-order valence-electron chi connectivity index (χ4n) is 2.00. The Kier molecular flexibility index (Phi) is 1.83. The Balaban J connectivity index is 2.02. The van der Waals surface area contributed by atoms with Crippen molar-refractivity contribution in [3.8, 4) is 0 Å². The number of ether oxygens (including phenoxy) is 1. The molecule has 2 saturated heterocycles. The number of hydrogen-bond donors (Lipinski definition) is 0. The van der Waals surface area contributed by atoms with Crippen LogP contribution in [0.15, 0.2) is 0 Å². The van der Waals surface area contributed by atoms with E-state index in [9.17, 15) is 4.79 Å². The van der Waals surface area contributed by atoms with Gasteiger partial charge < -0.3 is 9.64 Å². The molecule has 12 heavy (non-hydrogen) atoms. The van der Waals surface area contributed by atoms with Crippen molar-refractivity contribution in [1.29, 1.82) is 0 Å². The van der Waals surface area contributed by atoms with Crippen LogP contribution in [0.2, 0.25) is 0 Å². The summed E-state index contributed by atoms with van der Waals surface area (Å²) in [5.74, 6) is 0.412. The number of hydrogen-bond acceptors (Lipinski definition) is 2. The first kappa shape index (κ1) is 8.05. The predicted molar refractivity (Wildman–Crippen MR) is 44.7 cm³/mol. The number of fused-ring (bicyclic) bond motifs is 2. The van der Waals surface area contributed by atoms with Gasteiger partial charge in [-0.25, -0.2) is 0 Å². The molecular weight excluding hydrogens is 154 g/mol. The van der Waals surface area contributed by atoms with Crippen LogP contribution in [-0.2, 0) is 9.53 Å². The zero-order valence-corrected chi connectivity index (χ0v) is 7.62. The normalized spacial score (nSPS) is 33.4. The largest absolute Gasteiger partial charge is 0.374 e. The first-order chi connectivity index (χ1) is 5.68. The van der Waals surface area contributed by atoms with Gasteiger partial charge in [-0.05, 0) is 6.42 Å². The number of amides is 1. The van der Waals surface area contributed by atoms with E-state index in [1.807, 2.05) is 18.7 Å². The first-order valence-electron chi connectivity index (χ1n) is 4.60. The maximum absolute atomic E-state index is 11.6. The van der Waals surface area contributed by atoms with E-state index in [1.54, 1.807) is 0 Å². The van der Waals surface area contributed by atoms with Gasteiger partial charge in [0, 0.05) is 12.5 Å². The molecule has 0 spiro atoms. The molecule has 3 heteroatoms. The number of carbonyl (C=O) groups excluding carboxylic acids is 1. The molecule has 3 nitrogen and oxygen atoms in total. The third-order valence-electron chi connectivity index (χ3n) is 2.68. The zero-order valence-electron chi connectivity index (χ0n) is 7.62. The minimum Gasteiger partial charge on any atom is -0.374 e. The Morgan fingerprint density at radius 2 is 2.33 bits per heavy atom. The number of likely N-dealkylation sites (tertiary alicyclic amines) is 1. The molecule has 68 valence electrons. The summed E-state index contributed by atoms with van der Waals surface area (Å²) in [6, 6.07) is 0.380. The minimum atomic E-state index is 0.129. The van der Waals surface area contributed by atoms with Crippen molar-refractivity contribution in [2.75, 3.05) is 13.2 Å². The highest BCUT2D eigenvalue weighted by Gasteiger charge is 2.41. The molecule has 2 unspecified atom stereocenters. The fraction of sp³-hybridized carbons (Fsp3) is 0.889. The highest BCUT2D eigenvalue weighted by Crippen LogP contribution is 2.28. The van der Waals surface area contributed by atoms with Gasteiger partial charge >= 0.3 is 0 Å². The van der Waals surface area contributed by atoms with Gasteiger partial charge in [-0.15, -0.1) is 0 Å². The molecule has 2 aliphatic rings. The van der Waals surface area contributed by atoms with Gasteiger partial charge in [-0.1, -0.05) is 13.8 Å². The molecule has 2 atom stereocenters. The quantitative estimate of drug-likeness (QED) is 0.576. The Morgan fingerprint density at radius 1 is 1.58 bits per heavy atom. The van der Waals surface area contributed by atoms with Gasteiger partial charge in [0.05, 0.1) is 18.8 Å². The second-order valence-corrected chi connectivity index (χ2v) is 3.99. The zero-order chi connectivity index (χ0) is 8.72. The van der Waals surface area contributed by atoms with Crippen LogP contribution < -0.4 is 0 Å². The monoisotopic (exact) mass is 169 g/mol. The van der Waals surface area contributed by atoms with Gasteiger partial charge in [0.15, 0.2) is 0 Å². The fourth-order valence-corrected chi connectivity index (χ4v) is 2.00. The Bertz CT molecular complexity index is 203. The Labute approximate surface area is 72.7 Å². The SMILES string of the molecule is CC(C)C(=O)N1CC2CC1CO2. The standard InChI is InChI=1S/C9H15NO2/c1-6(2)9(11)10-4-8-3-7(10)5-12-8/h6-8H,3-5H2,1-2H3. The maximum atomic E-state index is 11.6. The average molecular weight is 169 g/mol. The smallest absolute Gasteiger partial charge is 0.225 e. The maximum Gasteiger partial charge on any atom is 0.225 e. The highest BCUT2D eigenvalue weighted by atomic mass is 16.5. The second kappa shape index (κ2) is 2.73. The van der Waals surface area contributed by atoms with Crippen LogP contribution in [0.3, 0.4) is 0 Å². The van der Waals surface area contributed by atoms with E-state index in [0.29, 0.717) is 12.1 Å². The van der Waals surface area contributed by atoms with Crippen molar-refractivity contribution in [2.24, 2.45) is 5.92 Å². The lowest BCUT2D eigenvalue weighted by atomic mass is 10.1. The van der Waals surface area contributed by atoms with Crippen LogP contribution in [0, 0.1) is 5.92 Å². The number of carbonyl (C=O) groups is 1. The van der Waals surface area contributed by atoms with Crippen LogP contribution in [0.5, 0.6) is 0 Å². The minimum absolute atomic E-state index is 0.129. The lowest BCUT2D eigenvalue weighted by molar-refractivity contribution is -0.138. The Hall–Kier alpha value is -0.570. The number of morpholine rings is 1. The van der Waals surface area contributed by atoms with Crippen LogP contribution in [0.4, 0.5) is 0 Å². The van der Waals surface area contributed by atoms with Crippen LogP contribution in [0.25, 0.3) is 0 Å². The molecule has 1 amide bonds. The van der Waals surface area contributed by atoms with Gasteiger partial charge in [0.25, 0.3) is 0 Å². The van der Waals surface area contributed by atoms with E-state index < -0.39 is 0 Å². The van der Waals surface area contributed by atoms with Gasteiger partial charge in [0.1, 0.15) is 0 Å². The molecule has 2 bridgehead atoms. The summed E-state index contributed by atoms with van der Waals surface area (Å²) in [6.45, 7) is 5.48. The number of nitrogens with zero attached hydrogens (tertiary/aromatic N) is 1. The molecule has 0 aliphatic carbocycles. The van der Waals surface area contributed by atoms with Gasteiger partial charge in [0.2, 0.25) is 5.91 Å². The summed E-state index contributed by atoms with van der Waals surface area (Å²) in [7, 11) is 0. The summed E-state index contributed by atoms with van der Waals surface area (Å²) >= 11 is 0. The van der Waals surface area contributed by atoms with Crippen molar-refractivity contribution >= 4 is 5.91 Å². The lowest BCUT2D eigenvalue weighted by Crippen LogP contribution is -2.43. The molecule has 0 radical (unpaired) electrons. The molecule has 0 N–H and O–H groups in total. The molecule has 0 aromatic rings. The molecule has 0 aromatic carbocycles. The molecule has 2 heterocycles. The van der Waals surface area contributed by atoms with Crippen molar-refractivity contribution in [3.63, 3.8) is 0 Å².